The normalized spacial score (nSPS) is 11.3. The molecule has 0 unspecified atom stereocenters. The van der Waals surface area contributed by atoms with Crippen molar-refractivity contribution in [3.05, 3.63) is 33.5 Å². The fourth-order valence-corrected chi connectivity index (χ4v) is 3.72. The molecule has 0 radical (unpaired) electrons. The lowest BCUT2D eigenvalue weighted by molar-refractivity contribution is -0.141. The average Bonchev–Trinajstić information content (AvgIpc) is 3.19. The summed E-state index contributed by atoms with van der Waals surface area (Å²) in [6, 6.07) is 0.890. The molecular formula is C18H20F3N3O5S. The molecule has 0 saturated carbocycles. The highest BCUT2D eigenvalue weighted by atomic mass is 32.1. The zero-order valence-electron chi connectivity index (χ0n) is 16.7. The number of carbonyl (C=O) groups excluding carboxylic acids is 3. The number of rotatable bonds is 7. The lowest BCUT2D eigenvalue weighted by Crippen LogP contribution is -2.17. The Balaban J connectivity index is 2.18. The second-order valence-corrected chi connectivity index (χ2v) is 7.18. The Bertz CT molecular complexity index is 965. The van der Waals surface area contributed by atoms with Crippen LogP contribution in [0.5, 0.6) is 0 Å². The predicted octanol–water partition coefficient (Wildman–Crippen LogP) is 3.57. The number of hydrogen-bond acceptors (Lipinski definition) is 7. The number of aromatic nitrogens is 2. The number of hydrogen-bond donors (Lipinski definition) is 1. The van der Waals surface area contributed by atoms with Crippen molar-refractivity contribution in [2.24, 2.45) is 0 Å². The van der Waals surface area contributed by atoms with E-state index in [1.807, 2.05) is 0 Å². The number of thiophene rings is 1. The van der Waals surface area contributed by atoms with Gasteiger partial charge in [0.25, 0.3) is 0 Å². The fraction of sp³-hybridized carbons (Fsp3) is 0.444. The van der Waals surface area contributed by atoms with Crippen LogP contribution >= 0.6 is 11.3 Å². The van der Waals surface area contributed by atoms with Gasteiger partial charge in [-0.15, -0.1) is 11.3 Å². The molecule has 0 aliphatic rings. The van der Waals surface area contributed by atoms with Crippen LogP contribution < -0.4 is 5.32 Å². The topological polar surface area (TPSA) is 99.5 Å². The van der Waals surface area contributed by atoms with E-state index in [1.165, 1.54) is 13.8 Å². The van der Waals surface area contributed by atoms with Crippen molar-refractivity contribution in [2.75, 3.05) is 19.0 Å². The van der Waals surface area contributed by atoms with Crippen LogP contribution in [0, 0.1) is 13.8 Å². The summed E-state index contributed by atoms with van der Waals surface area (Å²) in [5.74, 6) is -1.95. The first kappa shape index (κ1) is 23.4. The third-order valence-electron chi connectivity index (χ3n) is 4.07. The molecular weight excluding hydrogens is 427 g/mol. The van der Waals surface area contributed by atoms with Crippen molar-refractivity contribution < 1.29 is 37.0 Å². The summed E-state index contributed by atoms with van der Waals surface area (Å²) in [4.78, 5) is 36.7. The molecule has 0 bridgehead atoms. The number of alkyl halides is 3. The molecule has 1 amide bonds. The van der Waals surface area contributed by atoms with Crippen LogP contribution in [0.1, 0.15) is 50.3 Å². The summed E-state index contributed by atoms with van der Waals surface area (Å²) in [5.41, 5.74) is -0.463. The smallest absolute Gasteiger partial charge is 0.435 e. The van der Waals surface area contributed by atoms with E-state index in [4.69, 9.17) is 9.47 Å². The second-order valence-electron chi connectivity index (χ2n) is 6.16. The van der Waals surface area contributed by atoms with E-state index in [2.05, 4.69) is 10.4 Å². The number of nitrogens with zero attached hydrogens (tertiary/aromatic N) is 2. The molecule has 12 heteroatoms. The molecule has 2 rings (SSSR count). The highest BCUT2D eigenvalue weighted by molar-refractivity contribution is 7.18. The summed E-state index contributed by atoms with van der Waals surface area (Å²) in [7, 11) is 1.16. The number of carbonyl (C=O) groups is 3. The fourth-order valence-electron chi connectivity index (χ4n) is 2.61. The molecule has 0 spiro atoms. The molecule has 2 heterocycles. The van der Waals surface area contributed by atoms with Crippen molar-refractivity contribution >= 4 is 34.2 Å². The largest absolute Gasteiger partial charge is 0.465 e. The highest BCUT2D eigenvalue weighted by Crippen LogP contribution is 2.34. The summed E-state index contributed by atoms with van der Waals surface area (Å²) in [5, 5.41) is 6.08. The molecule has 1 N–H and O–H groups in total. The van der Waals surface area contributed by atoms with Crippen LogP contribution in [-0.2, 0) is 27.0 Å². The molecule has 0 aromatic carbocycles. The van der Waals surface area contributed by atoms with Crippen LogP contribution in [-0.4, -0.2) is 41.3 Å². The van der Waals surface area contributed by atoms with E-state index in [1.54, 1.807) is 6.92 Å². The lowest BCUT2D eigenvalue weighted by atomic mass is 10.1. The Kier molecular flexibility index (Phi) is 7.24. The van der Waals surface area contributed by atoms with Gasteiger partial charge in [-0.2, -0.15) is 18.3 Å². The van der Waals surface area contributed by atoms with Gasteiger partial charge in [-0.05, 0) is 32.4 Å². The molecule has 0 aliphatic carbocycles. The van der Waals surface area contributed by atoms with Gasteiger partial charge in [0.1, 0.15) is 9.88 Å². The number of amides is 1. The first-order valence-electron chi connectivity index (χ1n) is 8.79. The van der Waals surface area contributed by atoms with E-state index in [9.17, 15) is 27.6 Å². The molecule has 2 aromatic rings. The van der Waals surface area contributed by atoms with E-state index in [-0.39, 0.29) is 40.7 Å². The standard InChI is InChI=1S/C18H20F3N3O5S/c1-5-29-17(27)14-10(3)13(16(26)28-4)15(30-14)22-12(25)6-7-24-9(2)8-11(23-24)18(19,20)21/h8H,5-7H2,1-4H3,(H,22,25). The molecule has 0 saturated heterocycles. The maximum Gasteiger partial charge on any atom is 0.435 e. The van der Waals surface area contributed by atoms with Gasteiger partial charge in [0.05, 0.1) is 19.3 Å². The number of halogens is 3. The van der Waals surface area contributed by atoms with Crippen molar-refractivity contribution in [3.8, 4) is 0 Å². The van der Waals surface area contributed by atoms with Gasteiger partial charge in [0.2, 0.25) is 5.91 Å². The van der Waals surface area contributed by atoms with Gasteiger partial charge in [-0.1, -0.05) is 0 Å². The SMILES string of the molecule is CCOC(=O)c1sc(NC(=O)CCn2nc(C(F)(F)F)cc2C)c(C(=O)OC)c1C. The maximum absolute atomic E-state index is 12.7. The lowest BCUT2D eigenvalue weighted by Gasteiger charge is -2.07. The van der Waals surface area contributed by atoms with E-state index >= 15 is 0 Å². The Morgan fingerprint density at radius 1 is 1.23 bits per heavy atom. The Morgan fingerprint density at radius 3 is 2.43 bits per heavy atom. The zero-order valence-corrected chi connectivity index (χ0v) is 17.5. The Labute approximate surface area is 174 Å². The van der Waals surface area contributed by atoms with Crippen LogP contribution in [0.25, 0.3) is 0 Å². The number of methoxy groups -OCH3 is 1. The van der Waals surface area contributed by atoms with Gasteiger partial charge < -0.3 is 14.8 Å². The minimum Gasteiger partial charge on any atom is -0.465 e. The minimum absolute atomic E-state index is 0.0218. The second kappa shape index (κ2) is 9.28. The molecule has 2 aromatic heterocycles. The molecule has 164 valence electrons. The van der Waals surface area contributed by atoms with Gasteiger partial charge in [0.15, 0.2) is 5.69 Å². The minimum atomic E-state index is -4.58. The molecule has 0 fully saturated rings. The summed E-state index contributed by atoms with van der Waals surface area (Å²) < 4.78 is 49.0. The third-order valence-corrected chi connectivity index (χ3v) is 5.26. The number of aryl methyl sites for hydroxylation is 2. The van der Waals surface area contributed by atoms with Gasteiger partial charge in [-0.25, -0.2) is 9.59 Å². The predicted molar refractivity (Wildman–Crippen MR) is 102 cm³/mol. The third kappa shape index (κ3) is 5.17. The van der Waals surface area contributed by atoms with E-state index < -0.39 is 29.7 Å². The quantitative estimate of drug-likeness (QED) is 0.652. The molecule has 30 heavy (non-hydrogen) atoms. The van der Waals surface area contributed by atoms with Crippen LogP contribution in [0.3, 0.4) is 0 Å². The van der Waals surface area contributed by atoms with Crippen molar-refractivity contribution in [1.29, 1.82) is 0 Å². The average molecular weight is 447 g/mol. The van der Waals surface area contributed by atoms with Crippen LogP contribution in [0.4, 0.5) is 18.2 Å². The number of ether oxygens (including phenoxy) is 2. The molecule has 0 aliphatic heterocycles. The number of nitrogens with one attached hydrogen (secondary N) is 1. The molecule has 8 nitrogen and oxygen atoms in total. The van der Waals surface area contributed by atoms with Crippen molar-refractivity contribution in [2.45, 2.75) is 39.9 Å². The summed E-state index contributed by atoms with van der Waals surface area (Å²) in [6.45, 7) is 4.64. The first-order valence-corrected chi connectivity index (χ1v) is 9.61. The monoisotopic (exact) mass is 447 g/mol. The van der Waals surface area contributed by atoms with Gasteiger partial charge in [-0.3, -0.25) is 9.48 Å². The van der Waals surface area contributed by atoms with Gasteiger partial charge in [0, 0.05) is 18.7 Å². The molecule has 0 atom stereocenters. The Hall–Kier alpha value is -2.89. The highest BCUT2D eigenvalue weighted by Gasteiger charge is 2.34. The van der Waals surface area contributed by atoms with Crippen LogP contribution in [0.2, 0.25) is 0 Å². The van der Waals surface area contributed by atoms with Crippen LogP contribution in [0.15, 0.2) is 6.07 Å². The summed E-state index contributed by atoms with van der Waals surface area (Å²) >= 11 is 0.860. The zero-order chi connectivity index (χ0) is 22.6. The number of esters is 2. The first-order chi connectivity index (χ1) is 14.0. The maximum atomic E-state index is 12.7. The van der Waals surface area contributed by atoms with Crippen molar-refractivity contribution in [1.82, 2.24) is 9.78 Å². The summed E-state index contributed by atoms with van der Waals surface area (Å²) in [6.07, 6.45) is -4.78. The van der Waals surface area contributed by atoms with Crippen molar-refractivity contribution in [3.63, 3.8) is 0 Å². The van der Waals surface area contributed by atoms with E-state index in [0.717, 1.165) is 29.2 Å². The van der Waals surface area contributed by atoms with E-state index in [0.29, 0.717) is 5.56 Å². The number of anilines is 1. The Morgan fingerprint density at radius 2 is 1.90 bits per heavy atom. The van der Waals surface area contributed by atoms with Gasteiger partial charge >= 0.3 is 18.1 Å².